The molecule has 5 nitrogen and oxygen atoms in total. The zero-order valence-corrected chi connectivity index (χ0v) is 11.5. The summed E-state index contributed by atoms with van der Waals surface area (Å²) >= 11 is 0. The molecular formula is C13H12F2N2O3S. The highest BCUT2D eigenvalue weighted by Gasteiger charge is 2.24. The molecule has 0 saturated carbocycles. The first kappa shape index (κ1) is 15.2. The van der Waals surface area contributed by atoms with Gasteiger partial charge < -0.3 is 10.8 Å². The van der Waals surface area contributed by atoms with Gasteiger partial charge in [-0.15, -0.1) is 0 Å². The van der Waals surface area contributed by atoms with Crippen LogP contribution in [-0.4, -0.2) is 13.5 Å². The number of aliphatic hydroxyl groups excluding tert-OH is 1. The topological polar surface area (TPSA) is 92.4 Å². The van der Waals surface area contributed by atoms with Crippen molar-refractivity contribution in [3.63, 3.8) is 0 Å². The van der Waals surface area contributed by atoms with Gasteiger partial charge in [-0.25, -0.2) is 17.2 Å². The Hall–Kier alpha value is -2.19. The maximum atomic E-state index is 13.7. The van der Waals surface area contributed by atoms with Crippen LogP contribution in [0.4, 0.5) is 20.2 Å². The maximum Gasteiger partial charge on any atom is 0.267 e. The monoisotopic (exact) mass is 314 g/mol. The molecule has 21 heavy (non-hydrogen) atoms. The van der Waals surface area contributed by atoms with Gasteiger partial charge in [-0.3, -0.25) is 4.72 Å². The number of nitrogens with two attached hydrogens (primary N) is 1. The summed E-state index contributed by atoms with van der Waals surface area (Å²) < 4.78 is 53.4. The van der Waals surface area contributed by atoms with Crippen molar-refractivity contribution in [1.29, 1.82) is 0 Å². The zero-order valence-electron chi connectivity index (χ0n) is 10.7. The van der Waals surface area contributed by atoms with Crippen LogP contribution in [0.2, 0.25) is 0 Å². The van der Waals surface area contributed by atoms with E-state index in [1.165, 1.54) is 24.3 Å². The SMILES string of the molecule is Nc1cc(F)c(S(=O)(=O)Nc2ccc(CO)cc2)c(F)c1. The molecule has 0 aliphatic heterocycles. The van der Waals surface area contributed by atoms with Crippen LogP contribution in [0.15, 0.2) is 41.3 Å². The Morgan fingerprint density at radius 2 is 1.62 bits per heavy atom. The highest BCUT2D eigenvalue weighted by Crippen LogP contribution is 2.24. The van der Waals surface area contributed by atoms with E-state index in [9.17, 15) is 17.2 Å². The number of anilines is 2. The Morgan fingerprint density at radius 3 is 2.10 bits per heavy atom. The molecule has 0 fully saturated rings. The van der Waals surface area contributed by atoms with Gasteiger partial charge in [0.2, 0.25) is 0 Å². The summed E-state index contributed by atoms with van der Waals surface area (Å²) in [6.07, 6.45) is 0. The summed E-state index contributed by atoms with van der Waals surface area (Å²) in [6, 6.07) is 7.16. The normalized spacial score (nSPS) is 11.4. The van der Waals surface area contributed by atoms with Gasteiger partial charge in [0.1, 0.15) is 11.6 Å². The predicted octanol–water partition coefficient (Wildman–Crippen LogP) is 1.84. The minimum absolute atomic E-state index is 0.114. The van der Waals surface area contributed by atoms with Crippen molar-refractivity contribution in [2.75, 3.05) is 10.5 Å². The molecule has 0 radical (unpaired) electrons. The lowest BCUT2D eigenvalue weighted by molar-refractivity contribution is 0.282. The van der Waals surface area contributed by atoms with E-state index < -0.39 is 26.6 Å². The van der Waals surface area contributed by atoms with Crippen molar-refractivity contribution in [1.82, 2.24) is 0 Å². The maximum absolute atomic E-state index is 13.7. The minimum atomic E-state index is -4.43. The lowest BCUT2D eigenvalue weighted by atomic mass is 10.2. The Morgan fingerprint density at radius 1 is 1.10 bits per heavy atom. The number of hydrogen-bond acceptors (Lipinski definition) is 4. The molecule has 0 aromatic heterocycles. The second-order valence-corrected chi connectivity index (χ2v) is 5.89. The van der Waals surface area contributed by atoms with E-state index in [0.717, 1.165) is 12.1 Å². The molecule has 0 bridgehead atoms. The van der Waals surface area contributed by atoms with E-state index in [1.807, 2.05) is 0 Å². The summed E-state index contributed by atoms with van der Waals surface area (Å²) in [7, 11) is -4.43. The van der Waals surface area contributed by atoms with E-state index in [4.69, 9.17) is 10.8 Å². The van der Waals surface area contributed by atoms with Gasteiger partial charge in [-0.05, 0) is 29.8 Å². The highest BCUT2D eigenvalue weighted by atomic mass is 32.2. The summed E-state index contributed by atoms with van der Waals surface area (Å²) in [5.74, 6) is -2.54. The summed E-state index contributed by atoms with van der Waals surface area (Å²) in [5.41, 5.74) is 5.71. The molecule has 0 spiro atoms. The summed E-state index contributed by atoms with van der Waals surface area (Å²) in [6.45, 7) is -0.200. The van der Waals surface area contributed by atoms with Crippen molar-refractivity contribution in [2.24, 2.45) is 0 Å². The molecule has 112 valence electrons. The van der Waals surface area contributed by atoms with Crippen LogP contribution in [0, 0.1) is 11.6 Å². The van der Waals surface area contributed by atoms with E-state index in [2.05, 4.69) is 4.72 Å². The Kier molecular flexibility index (Phi) is 4.10. The first-order valence-corrected chi connectivity index (χ1v) is 7.29. The molecule has 0 aliphatic rings. The van der Waals surface area contributed by atoms with Crippen molar-refractivity contribution >= 4 is 21.4 Å². The molecule has 0 atom stereocenters. The van der Waals surface area contributed by atoms with Gasteiger partial charge in [0.05, 0.1) is 6.61 Å². The number of rotatable bonds is 4. The van der Waals surface area contributed by atoms with Crippen LogP contribution < -0.4 is 10.5 Å². The second-order valence-electron chi connectivity index (χ2n) is 4.27. The molecule has 8 heteroatoms. The molecule has 0 amide bonds. The van der Waals surface area contributed by atoms with Crippen LogP contribution >= 0.6 is 0 Å². The van der Waals surface area contributed by atoms with Crippen molar-refractivity contribution in [3.05, 3.63) is 53.6 Å². The molecular weight excluding hydrogens is 302 g/mol. The molecule has 4 N–H and O–H groups in total. The fourth-order valence-electron chi connectivity index (χ4n) is 1.72. The van der Waals surface area contributed by atoms with E-state index in [1.54, 1.807) is 0 Å². The Bertz CT molecular complexity index is 738. The zero-order chi connectivity index (χ0) is 15.6. The van der Waals surface area contributed by atoms with Gasteiger partial charge in [-0.1, -0.05) is 12.1 Å². The van der Waals surface area contributed by atoms with Crippen LogP contribution in [0.3, 0.4) is 0 Å². The molecule has 2 aromatic rings. The smallest absolute Gasteiger partial charge is 0.267 e. The fourth-order valence-corrected chi connectivity index (χ4v) is 2.90. The van der Waals surface area contributed by atoms with Crippen LogP contribution in [0.5, 0.6) is 0 Å². The first-order valence-electron chi connectivity index (χ1n) is 5.80. The third-order valence-corrected chi connectivity index (χ3v) is 4.11. The summed E-state index contributed by atoms with van der Waals surface area (Å²) in [4.78, 5) is -1.09. The number of halogens is 2. The van der Waals surface area contributed by atoms with Gasteiger partial charge in [0.15, 0.2) is 4.90 Å². The van der Waals surface area contributed by atoms with Crippen LogP contribution in [0.25, 0.3) is 0 Å². The number of aliphatic hydroxyl groups is 1. The molecule has 2 aromatic carbocycles. The van der Waals surface area contributed by atoms with Crippen molar-refractivity contribution < 1.29 is 22.3 Å². The number of sulfonamides is 1. The predicted molar refractivity (Wildman–Crippen MR) is 73.9 cm³/mol. The molecule has 2 rings (SSSR count). The average molecular weight is 314 g/mol. The third-order valence-electron chi connectivity index (χ3n) is 2.68. The molecule has 0 aliphatic carbocycles. The van der Waals surface area contributed by atoms with Gasteiger partial charge >= 0.3 is 0 Å². The van der Waals surface area contributed by atoms with Crippen LogP contribution in [-0.2, 0) is 16.6 Å². The van der Waals surface area contributed by atoms with Gasteiger partial charge in [-0.2, -0.15) is 0 Å². The number of hydrogen-bond donors (Lipinski definition) is 3. The summed E-state index contributed by atoms with van der Waals surface area (Å²) in [5, 5.41) is 8.89. The number of nitrogens with one attached hydrogen (secondary N) is 1. The molecule has 0 unspecified atom stereocenters. The van der Waals surface area contributed by atoms with E-state index in [-0.39, 0.29) is 18.0 Å². The fraction of sp³-hybridized carbons (Fsp3) is 0.0769. The molecule has 0 saturated heterocycles. The first-order chi connectivity index (χ1) is 9.83. The largest absolute Gasteiger partial charge is 0.399 e. The quantitative estimate of drug-likeness (QED) is 0.751. The van der Waals surface area contributed by atoms with E-state index in [0.29, 0.717) is 5.56 Å². The molecule has 0 heterocycles. The Balaban J connectivity index is 2.38. The van der Waals surface area contributed by atoms with Gasteiger partial charge in [0, 0.05) is 11.4 Å². The van der Waals surface area contributed by atoms with Crippen LogP contribution in [0.1, 0.15) is 5.56 Å². The number of nitrogen functional groups attached to an aromatic ring is 1. The minimum Gasteiger partial charge on any atom is -0.399 e. The standard InChI is InChI=1S/C13H12F2N2O3S/c14-11-5-9(16)6-12(15)13(11)21(19,20)17-10-3-1-8(7-18)2-4-10/h1-6,17-18H,7,16H2. The van der Waals surface area contributed by atoms with Gasteiger partial charge in [0.25, 0.3) is 10.0 Å². The van der Waals surface area contributed by atoms with E-state index >= 15 is 0 Å². The van der Waals surface area contributed by atoms with Crippen molar-refractivity contribution in [3.8, 4) is 0 Å². The average Bonchev–Trinajstić information content (AvgIpc) is 2.37. The lowest BCUT2D eigenvalue weighted by Crippen LogP contribution is -2.16. The second kappa shape index (κ2) is 5.66. The number of benzene rings is 2. The lowest BCUT2D eigenvalue weighted by Gasteiger charge is -2.10. The highest BCUT2D eigenvalue weighted by molar-refractivity contribution is 7.92. The Labute approximate surface area is 120 Å². The van der Waals surface area contributed by atoms with Crippen molar-refractivity contribution in [2.45, 2.75) is 11.5 Å². The third kappa shape index (κ3) is 3.29.